The Hall–Kier alpha value is -1.51. The van der Waals surface area contributed by atoms with Crippen LogP contribution in [0.3, 0.4) is 0 Å². The third-order valence-electron chi connectivity index (χ3n) is 1.90. The number of aromatic nitrogens is 2. The van der Waals surface area contributed by atoms with Crippen LogP contribution in [-0.2, 0) is 0 Å². The fraction of sp³-hybridized carbons (Fsp3) is 0.222. The molecular weight excluding hydrogens is 152 g/mol. The number of pyridine rings is 1. The highest BCUT2D eigenvalue weighted by atomic mass is 16.5. The lowest BCUT2D eigenvalue weighted by Crippen LogP contribution is -1.89. The van der Waals surface area contributed by atoms with Crippen molar-refractivity contribution in [3.63, 3.8) is 0 Å². The third-order valence-corrected chi connectivity index (χ3v) is 1.90. The molecular formula is C9H10N2O. The molecule has 2 rings (SSSR count). The molecule has 0 aromatic carbocycles. The van der Waals surface area contributed by atoms with Crippen LogP contribution in [0, 0.1) is 6.92 Å². The van der Waals surface area contributed by atoms with Crippen LogP contribution in [0.25, 0.3) is 5.65 Å². The summed E-state index contributed by atoms with van der Waals surface area (Å²) in [6.07, 6.45) is 3.77. The zero-order valence-electron chi connectivity index (χ0n) is 7.11. The molecule has 0 N–H and O–H groups in total. The predicted molar refractivity (Wildman–Crippen MR) is 46.5 cm³/mol. The van der Waals surface area contributed by atoms with E-state index < -0.39 is 0 Å². The summed E-state index contributed by atoms with van der Waals surface area (Å²) in [5.74, 6) is 0.851. The summed E-state index contributed by atoms with van der Waals surface area (Å²) in [5.41, 5.74) is 2.07. The van der Waals surface area contributed by atoms with Crippen LogP contribution >= 0.6 is 0 Å². The first kappa shape index (κ1) is 7.16. The molecule has 0 atom stereocenters. The highest BCUT2D eigenvalue weighted by Gasteiger charge is 1.98. The molecule has 0 amide bonds. The van der Waals surface area contributed by atoms with E-state index in [1.54, 1.807) is 7.11 Å². The van der Waals surface area contributed by atoms with Crippen molar-refractivity contribution in [1.29, 1.82) is 0 Å². The second-order valence-electron chi connectivity index (χ2n) is 2.70. The Kier molecular flexibility index (Phi) is 1.50. The number of aryl methyl sites for hydroxylation is 1. The zero-order chi connectivity index (χ0) is 8.55. The summed E-state index contributed by atoms with van der Waals surface area (Å²) >= 11 is 0. The molecule has 3 nitrogen and oxygen atoms in total. The maximum Gasteiger partial charge on any atom is 0.137 e. The molecule has 2 heterocycles. The highest BCUT2D eigenvalue weighted by molar-refractivity contribution is 5.43. The first-order chi connectivity index (χ1) is 5.81. The van der Waals surface area contributed by atoms with Crippen molar-refractivity contribution in [2.75, 3.05) is 7.11 Å². The molecule has 0 fully saturated rings. The van der Waals surface area contributed by atoms with Crippen LogP contribution in [0.5, 0.6) is 5.75 Å². The Bertz CT molecular complexity index is 406. The highest BCUT2D eigenvalue weighted by Crippen LogP contribution is 2.13. The van der Waals surface area contributed by atoms with Crippen molar-refractivity contribution in [3.05, 3.63) is 30.2 Å². The van der Waals surface area contributed by atoms with Crippen molar-refractivity contribution in [1.82, 2.24) is 9.38 Å². The second kappa shape index (κ2) is 2.52. The average molecular weight is 162 g/mol. The fourth-order valence-corrected chi connectivity index (χ4v) is 1.20. The number of imidazole rings is 1. The molecule has 0 saturated heterocycles. The zero-order valence-corrected chi connectivity index (χ0v) is 7.11. The molecule has 0 bridgehead atoms. The number of nitrogens with zero attached hydrogens (tertiary/aromatic N) is 2. The number of fused-ring (bicyclic) bond motifs is 1. The van der Waals surface area contributed by atoms with Gasteiger partial charge in [-0.2, -0.15) is 0 Å². The molecule has 3 heteroatoms. The average Bonchev–Trinajstić information content (AvgIpc) is 2.47. The Morgan fingerprint density at radius 3 is 3.00 bits per heavy atom. The van der Waals surface area contributed by atoms with Gasteiger partial charge >= 0.3 is 0 Å². The lowest BCUT2D eigenvalue weighted by Gasteiger charge is -2.00. The first-order valence-electron chi connectivity index (χ1n) is 3.79. The smallest absolute Gasteiger partial charge is 0.137 e. The van der Waals surface area contributed by atoms with E-state index in [2.05, 4.69) is 4.98 Å². The summed E-state index contributed by atoms with van der Waals surface area (Å²) in [7, 11) is 1.66. The van der Waals surface area contributed by atoms with Crippen LogP contribution in [0.2, 0.25) is 0 Å². The summed E-state index contributed by atoms with van der Waals surface area (Å²) < 4.78 is 7.10. The van der Waals surface area contributed by atoms with Crippen LogP contribution < -0.4 is 4.74 Å². The van der Waals surface area contributed by atoms with Gasteiger partial charge in [0.1, 0.15) is 11.4 Å². The molecule has 0 aliphatic rings. The van der Waals surface area contributed by atoms with Gasteiger partial charge in [0.15, 0.2) is 0 Å². The lowest BCUT2D eigenvalue weighted by atomic mass is 10.4. The predicted octanol–water partition coefficient (Wildman–Crippen LogP) is 1.65. The van der Waals surface area contributed by atoms with Gasteiger partial charge in [0, 0.05) is 11.9 Å². The van der Waals surface area contributed by atoms with Gasteiger partial charge in [-0.3, -0.25) is 0 Å². The van der Waals surface area contributed by atoms with Crippen LogP contribution in [-0.4, -0.2) is 16.5 Å². The van der Waals surface area contributed by atoms with E-state index in [0.717, 1.165) is 17.1 Å². The van der Waals surface area contributed by atoms with Gasteiger partial charge in [-0.25, -0.2) is 4.98 Å². The van der Waals surface area contributed by atoms with Crippen molar-refractivity contribution in [2.24, 2.45) is 0 Å². The van der Waals surface area contributed by atoms with Gasteiger partial charge in [-0.15, -0.1) is 0 Å². The van der Waals surface area contributed by atoms with E-state index in [-0.39, 0.29) is 0 Å². The van der Waals surface area contributed by atoms with Gasteiger partial charge < -0.3 is 9.14 Å². The topological polar surface area (TPSA) is 26.5 Å². The molecule has 0 aliphatic heterocycles. The molecule has 0 unspecified atom stereocenters. The maximum atomic E-state index is 5.10. The van der Waals surface area contributed by atoms with Crippen molar-refractivity contribution in [2.45, 2.75) is 6.92 Å². The summed E-state index contributed by atoms with van der Waals surface area (Å²) in [5, 5.41) is 0. The largest absolute Gasteiger partial charge is 0.495 e. The molecule has 0 spiro atoms. The van der Waals surface area contributed by atoms with Crippen molar-refractivity contribution >= 4 is 5.65 Å². The molecule has 12 heavy (non-hydrogen) atoms. The fourth-order valence-electron chi connectivity index (χ4n) is 1.20. The molecule has 0 saturated carbocycles. The molecule has 62 valence electrons. The number of methoxy groups -OCH3 is 1. The van der Waals surface area contributed by atoms with Gasteiger partial charge in [0.05, 0.1) is 13.3 Å². The minimum absolute atomic E-state index is 0.851. The second-order valence-corrected chi connectivity index (χ2v) is 2.70. The Morgan fingerprint density at radius 1 is 1.42 bits per heavy atom. The maximum absolute atomic E-state index is 5.10. The van der Waals surface area contributed by atoms with E-state index in [0.29, 0.717) is 0 Å². The molecule has 0 aliphatic carbocycles. The van der Waals surface area contributed by atoms with Crippen molar-refractivity contribution < 1.29 is 4.74 Å². The SMILES string of the molecule is COc1ccc2ncc(C)n2c1. The monoisotopic (exact) mass is 162 g/mol. The standard InChI is InChI=1S/C9H10N2O/c1-7-5-10-9-4-3-8(12-2)6-11(7)9/h3-6H,1-2H3. The van der Waals surface area contributed by atoms with E-state index >= 15 is 0 Å². The number of hydrogen-bond donors (Lipinski definition) is 0. The Morgan fingerprint density at radius 2 is 2.25 bits per heavy atom. The third kappa shape index (κ3) is 0.942. The van der Waals surface area contributed by atoms with E-state index in [1.165, 1.54) is 0 Å². The van der Waals surface area contributed by atoms with Gasteiger partial charge in [-0.1, -0.05) is 0 Å². The Balaban J connectivity index is 2.71. The van der Waals surface area contributed by atoms with Gasteiger partial charge in [0.2, 0.25) is 0 Å². The molecule has 2 aromatic rings. The van der Waals surface area contributed by atoms with Crippen molar-refractivity contribution in [3.8, 4) is 5.75 Å². The van der Waals surface area contributed by atoms with E-state index in [4.69, 9.17) is 4.74 Å². The van der Waals surface area contributed by atoms with E-state index in [9.17, 15) is 0 Å². The number of ether oxygens (including phenoxy) is 1. The summed E-state index contributed by atoms with van der Waals surface area (Å²) in [6, 6.07) is 3.84. The van der Waals surface area contributed by atoms with Crippen LogP contribution in [0.4, 0.5) is 0 Å². The summed E-state index contributed by atoms with van der Waals surface area (Å²) in [6.45, 7) is 2.01. The quantitative estimate of drug-likeness (QED) is 0.637. The van der Waals surface area contributed by atoms with Crippen LogP contribution in [0.1, 0.15) is 5.69 Å². The molecule has 0 radical (unpaired) electrons. The number of rotatable bonds is 1. The summed E-state index contributed by atoms with van der Waals surface area (Å²) in [4.78, 5) is 4.20. The van der Waals surface area contributed by atoms with Crippen LogP contribution in [0.15, 0.2) is 24.5 Å². The molecule has 2 aromatic heterocycles. The minimum atomic E-state index is 0.851. The first-order valence-corrected chi connectivity index (χ1v) is 3.79. The van der Waals surface area contributed by atoms with Gasteiger partial charge in [0.25, 0.3) is 0 Å². The minimum Gasteiger partial charge on any atom is -0.495 e. The van der Waals surface area contributed by atoms with Gasteiger partial charge in [-0.05, 0) is 19.1 Å². The Labute approximate surface area is 70.6 Å². The van der Waals surface area contributed by atoms with E-state index in [1.807, 2.05) is 35.9 Å². The number of hydrogen-bond acceptors (Lipinski definition) is 2. The normalized spacial score (nSPS) is 10.5. The lowest BCUT2D eigenvalue weighted by molar-refractivity contribution is 0.412.